The molecule has 0 unspecified atom stereocenters. The lowest BCUT2D eigenvalue weighted by molar-refractivity contribution is -0.117. The molecule has 0 spiro atoms. The van der Waals surface area contributed by atoms with Gasteiger partial charge in [-0.3, -0.25) is 9.59 Å². The van der Waals surface area contributed by atoms with Crippen molar-refractivity contribution in [2.45, 2.75) is 19.8 Å². The predicted molar refractivity (Wildman–Crippen MR) is 117 cm³/mol. The highest BCUT2D eigenvalue weighted by molar-refractivity contribution is 7.14. The zero-order valence-corrected chi connectivity index (χ0v) is 17.3. The first-order chi connectivity index (χ1) is 15.0. The molecule has 1 aromatic carbocycles. The van der Waals surface area contributed by atoms with Gasteiger partial charge in [0, 0.05) is 34.0 Å². The molecule has 31 heavy (non-hydrogen) atoms. The first-order valence-corrected chi connectivity index (χ1v) is 10.7. The van der Waals surface area contributed by atoms with Gasteiger partial charge in [0.1, 0.15) is 5.52 Å². The molecule has 1 amide bonds. The van der Waals surface area contributed by atoms with Crippen molar-refractivity contribution >= 4 is 50.3 Å². The predicted octanol–water partition coefficient (Wildman–Crippen LogP) is 4.02. The molecule has 1 saturated carbocycles. The Labute approximate surface area is 179 Å². The van der Waals surface area contributed by atoms with Gasteiger partial charge in [0.05, 0.1) is 17.7 Å². The van der Waals surface area contributed by atoms with E-state index in [4.69, 9.17) is 9.47 Å². The topological polar surface area (TPSA) is 126 Å². The molecule has 1 aliphatic carbocycles. The molecule has 0 radical (unpaired) electrons. The maximum atomic E-state index is 12.4. The SMILES string of the molecule is CCOC(=O)Oc1c[nH]c2c(=O)[nH]c3ccc(-c4csc(NC(=O)C5CC5)n4)cc3c12. The molecule has 3 heterocycles. The number of carbonyl (C=O) groups excluding carboxylic acids is 2. The van der Waals surface area contributed by atoms with E-state index < -0.39 is 6.16 Å². The molecule has 158 valence electrons. The minimum absolute atomic E-state index is 0.00627. The molecule has 0 atom stereocenters. The number of nitrogens with zero attached hydrogens (tertiary/aromatic N) is 1. The van der Waals surface area contributed by atoms with E-state index in [1.807, 2.05) is 17.5 Å². The second-order valence-electron chi connectivity index (χ2n) is 7.20. The van der Waals surface area contributed by atoms with Crippen LogP contribution in [0, 0.1) is 5.92 Å². The molecule has 0 bridgehead atoms. The Hall–Kier alpha value is -3.66. The first kappa shape index (κ1) is 19.3. The van der Waals surface area contributed by atoms with Crippen LogP contribution in [-0.2, 0) is 9.53 Å². The van der Waals surface area contributed by atoms with Crippen LogP contribution in [0.4, 0.5) is 9.93 Å². The molecule has 0 aliphatic heterocycles. The molecule has 3 aromatic heterocycles. The smallest absolute Gasteiger partial charge is 0.434 e. The second-order valence-corrected chi connectivity index (χ2v) is 8.06. The number of carbonyl (C=O) groups is 2. The van der Waals surface area contributed by atoms with E-state index in [1.165, 1.54) is 17.5 Å². The number of aromatic amines is 2. The molecule has 1 aliphatic rings. The lowest BCUT2D eigenvalue weighted by atomic mass is 10.1. The van der Waals surface area contributed by atoms with Crippen molar-refractivity contribution in [2.75, 3.05) is 11.9 Å². The highest BCUT2D eigenvalue weighted by atomic mass is 32.1. The lowest BCUT2D eigenvalue weighted by Crippen LogP contribution is -2.12. The average molecular weight is 438 g/mol. The maximum Gasteiger partial charge on any atom is 0.513 e. The largest absolute Gasteiger partial charge is 0.513 e. The number of pyridine rings is 1. The van der Waals surface area contributed by atoms with E-state index in [-0.39, 0.29) is 29.7 Å². The summed E-state index contributed by atoms with van der Waals surface area (Å²) in [6, 6.07) is 5.47. The van der Waals surface area contributed by atoms with Gasteiger partial charge in [-0.15, -0.1) is 11.3 Å². The number of amides is 1. The summed E-state index contributed by atoms with van der Waals surface area (Å²) in [7, 11) is 0. The van der Waals surface area contributed by atoms with Crippen LogP contribution in [0.3, 0.4) is 0 Å². The van der Waals surface area contributed by atoms with E-state index in [2.05, 4.69) is 20.3 Å². The van der Waals surface area contributed by atoms with E-state index in [1.54, 1.807) is 13.0 Å². The van der Waals surface area contributed by atoms with Crippen molar-refractivity contribution in [1.82, 2.24) is 15.0 Å². The monoisotopic (exact) mass is 438 g/mol. The summed E-state index contributed by atoms with van der Waals surface area (Å²) in [5, 5.41) is 6.42. The Balaban J connectivity index is 1.56. The normalized spacial score (nSPS) is 13.5. The van der Waals surface area contributed by atoms with Crippen molar-refractivity contribution in [3.05, 3.63) is 40.1 Å². The van der Waals surface area contributed by atoms with Crippen LogP contribution < -0.4 is 15.6 Å². The average Bonchev–Trinajstić information content (AvgIpc) is 3.36. The fraction of sp³-hybridized carbons (Fsp3) is 0.238. The molecular weight excluding hydrogens is 420 g/mol. The summed E-state index contributed by atoms with van der Waals surface area (Å²) < 4.78 is 10.1. The van der Waals surface area contributed by atoms with E-state index >= 15 is 0 Å². The van der Waals surface area contributed by atoms with Gasteiger partial charge >= 0.3 is 6.16 Å². The highest BCUT2D eigenvalue weighted by Crippen LogP contribution is 2.35. The zero-order chi connectivity index (χ0) is 21.5. The third-order valence-corrected chi connectivity index (χ3v) is 5.80. The van der Waals surface area contributed by atoms with E-state index in [0.29, 0.717) is 32.6 Å². The molecular formula is C21H18N4O5S. The number of hydrogen-bond acceptors (Lipinski definition) is 7. The maximum absolute atomic E-state index is 12.4. The third kappa shape index (κ3) is 3.66. The van der Waals surface area contributed by atoms with Crippen molar-refractivity contribution in [3.8, 4) is 17.0 Å². The number of anilines is 1. The Kier molecular flexibility index (Phi) is 4.70. The summed E-state index contributed by atoms with van der Waals surface area (Å²) in [6.07, 6.45) is 2.46. The second kappa shape index (κ2) is 7.55. The molecule has 1 fully saturated rings. The van der Waals surface area contributed by atoms with Gasteiger partial charge in [-0.1, -0.05) is 6.07 Å². The molecule has 4 aromatic rings. The number of benzene rings is 1. The Morgan fingerprint density at radius 2 is 2.16 bits per heavy atom. The number of ether oxygens (including phenoxy) is 2. The van der Waals surface area contributed by atoms with Crippen molar-refractivity contribution in [3.63, 3.8) is 0 Å². The standard InChI is InChI=1S/C21H18N4O5S/c1-2-29-21(28)30-15-8-22-17-16(15)12-7-11(5-6-13(12)23-19(17)27)14-9-31-20(24-14)25-18(26)10-3-4-10/h5-10,22H,2-4H2,1H3,(H,23,27)(H,24,25,26). The van der Waals surface area contributed by atoms with E-state index in [0.717, 1.165) is 18.4 Å². The minimum atomic E-state index is -0.844. The highest BCUT2D eigenvalue weighted by Gasteiger charge is 2.30. The summed E-state index contributed by atoms with van der Waals surface area (Å²) in [5.41, 5.74) is 2.05. The lowest BCUT2D eigenvalue weighted by Gasteiger charge is -2.06. The molecule has 5 rings (SSSR count). The summed E-state index contributed by atoms with van der Waals surface area (Å²) in [6.45, 7) is 1.86. The van der Waals surface area contributed by atoms with Gasteiger partial charge in [-0.2, -0.15) is 0 Å². The number of fused-ring (bicyclic) bond motifs is 3. The quantitative estimate of drug-likeness (QED) is 0.404. The zero-order valence-electron chi connectivity index (χ0n) is 16.5. The fourth-order valence-electron chi connectivity index (χ4n) is 3.39. The van der Waals surface area contributed by atoms with Gasteiger partial charge in [0.25, 0.3) is 5.56 Å². The summed E-state index contributed by atoms with van der Waals surface area (Å²) >= 11 is 1.36. The summed E-state index contributed by atoms with van der Waals surface area (Å²) in [4.78, 5) is 46.4. The van der Waals surface area contributed by atoms with Gasteiger partial charge < -0.3 is 24.8 Å². The van der Waals surface area contributed by atoms with Crippen LogP contribution in [0.5, 0.6) is 5.75 Å². The molecule has 0 saturated heterocycles. The van der Waals surface area contributed by atoms with Crippen LogP contribution in [-0.4, -0.2) is 33.6 Å². The van der Waals surface area contributed by atoms with Crippen molar-refractivity contribution in [1.29, 1.82) is 0 Å². The Morgan fingerprint density at radius 3 is 2.94 bits per heavy atom. The van der Waals surface area contributed by atoms with Crippen LogP contribution in [0.25, 0.3) is 33.1 Å². The van der Waals surface area contributed by atoms with Crippen molar-refractivity contribution in [2.24, 2.45) is 5.92 Å². The number of H-pyrrole nitrogens is 2. The molecule has 9 nitrogen and oxygen atoms in total. The van der Waals surface area contributed by atoms with Gasteiger partial charge in [0.2, 0.25) is 5.91 Å². The number of aromatic nitrogens is 3. The fourth-order valence-corrected chi connectivity index (χ4v) is 4.11. The molecule has 3 N–H and O–H groups in total. The number of thiazole rings is 1. The first-order valence-electron chi connectivity index (χ1n) is 9.82. The summed E-state index contributed by atoms with van der Waals surface area (Å²) in [5.74, 6) is 0.314. The van der Waals surface area contributed by atoms with Crippen LogP contribution >= 0.6 is 11.3 Å². The minimum Gasteiger partial charge on any atom is -0.434 e. The Bertz CT molecular complexity index is 1380. The Morgan fingerprint density at radius 1 is 1.32 bits per heavy atom. The van der Waals surface area contributed by atoms with Gasteiger partial charge in [-0.05, 0) is 31.9 Å². The molecule has 10 heteroatoms. The number of rotatable bonds is 5. The van der Waals surface area contributed by atoms with Crippen molar-refractivity contribution < 1.29 is 19.1 Å². The van der Waals surface area contributed by atoms with Crippen LogP contribution in [0.15, 0.2) is 34.6 Å². The third-order valence-electron chi connectivity index (χ3n) is 5.04. The number of hydrogen-bond donors (Lipinski definition) is 3. The van der Waals surface area contributed by atoms with Crippen LogP contribution in [0.2, 0.25) is 0 Å². The van der Waals surface area contributed by atoms with Gasteiger partial charge in [0.15, 0.2) is 10.9 Å². The van der Waals surface area contributed by atoms with Crippen LogP contribution in [0.1, 0.15) is 19.8 Å². The number of nitrogens with one attached hydrogen (secondary N) is 3. The van der Waals surface area contributed by atoms with Gasteiger partial charge in [-0.25, -0.2) is 9.78 Å². The van der Waals surface area contributed by atoms with E-state index in [9.17, 15) is 14.4 Å².